The molecule has 0 amide bonds. The van der Waals surface area contributed by atoms with Gasteiger partial charge in [-0.15, -0.1) is 0 Å². The third-order valence-corrected chi connectivity index (χ3v) is 4.51. The van der Waals surface area contributed by atoms with Crippen LogP contribution in [0.25, 0.3) is 0 Å². The monoisotopic (exact) mass is 269 g/mol. The summed E-state index contributed by atoms with van der Waals surface area (Å²) in [6.07, 6.45) is 9.66. The number of hydrogen-bond donors (Lipinski definition) is 1. The van der Waals surface area contributed by atoms with E-state index in [9.17, 15) is 4.79 Å². The van der Waals surface area contributed by atoms with Gasteiger partial charge in [-0.05, 0) is 31.6 Å². The Morgan fingerprint density at radius 2 is 1.74 bits per heavy atom. The molecule has 1 N–H and O–H groups in total. The van der Waals surface area contributed by atoms with Crippen LogP contribution < -0.4 is 5.32 Å². The van der Waals surface area contributed by atoms with E-state index in [1.165, 1.54) is 32.8 Å². The second-order valence-corrected chi connectivity index (χ2v) is 6.00. The lowest BCUT2D eigenvalue weighted by Gasteiger charge is -2.35. The summed E-state index contributed by atoms with van der Waals surface area (Å²) in [6.45, 7) is 0.418. The van der Waals surface area contributed by atoms with E-state index in [4.69, 9.17) is 9.47 Å². The first-order chi connectivity index (χ1) is 9.23. The minimum Gasteiger partial charge on any atom is -0.468 e. The highest BCUT2D eigenvalue weighted by Crippen LogP contribution is 2.41. The van der Waals surface area contributed by atoms with Crippen LogP contribution in [-0.2, 0) is 14.3 Å². The molecule has 110 valence electrons. The summed E-state index contributed by atoms with van der Waals surface area (Å²) in [5.41, 5.74) is -0.613. The van der Waals surface area contributed by atoms with Crippen LogP contribution >= 0.6 is 0 Å². The maximum absolute atomic E-state index is 12.3. The standard InChI is InChI=1S/C15H27NO3/c1-18-11-15(12-9-10-12,14(17)19-2)16-13-7-5-3-4-6-8-13/h12-13,16H,3-11H2,1-2H3. The Bertz CT molecular complexity index is 296. The molecule has 2 aliphatic rings. The Morgan fingerprint density at radius 1 is 1.11 bits per heavy atom. The van der Waals surface area contributed by atoms with E-state index >= 15 is 0 Å². The van der Waals surface area contributed by atoms with Crippen molar-refractivity contribution < 1.29 is 14.3 Å². The van der Waals surface area contributed by atoms with Gasteiger partial charge in [-0.3, -0.25) is 5.32 Å². The van der Waals surface area contributed by atoms with Crippen molar-refractivity contribution in [1.82, 2.24) is 5.32 Å². The number of nitrogens with one attached hydrogen (secondary N) is 1. The van der Waals surface area contributed by atoms with Crippen molar-refractivity contribution in [2.45, 2.75) is 62.9 Å². The Hall–Kier alpha value is -0.610. The number of ether oxygens (including phenoxy) is 2. The molecule has 0 aromatic rings. The Morgan fingerprint density at radius 3 is 2.21 bits per heavy atom. The third kappa shape index (κ3) is 3.48. The average Bonchev–Trinajstić information content (AvgIpc) is 3.24. The zero-order valence-corrected chi connectivity index (χ0v) is 12.2. The fourth-order valence-electron chi connectivity index (χ4n) is 3.34. The van der Waals surface area contributed by atoms with E-state index in [-0.39, 0.29) is 5.97 Å². The van der Waals surface area contributed by atoms with Gasteiger partial charge in [0.2, 0.25) is 0 Å². The van der Waals surface area contributed by atoms with E-state index in [2.05, 4.69) is 5.32 Å². The van der Waals surface area contributed by atoms with Crippen LogP contribution in [0.4, 0.5) is 0 Å². The van der Waals surface area contributed by atoms with Gasteiger partial charge < -0.3 is 9.47 Å². The first-order valence-corrected chi connectivity index (χ1v) is 7.58. The Labute approximate surface area is 116 Å². The minimum absolute atomic E-state index is 0.152. The molecule has 2 fully saturated rings. The lowest BCUT2D eigenvalue weighted by Crippen LogP contribution is -2.61. The maximum Gasteiger partial charge on any atom is 0.328 e. The molecule has 0 radical (unpaired) electrons. The summed E-state index contributed by atoms with van der Waals surface area (Å²) in [5.74, 6) is 0.226. The molecule has 1 atom stereocenters. The predicted molar refractivity (Wildman–Crippen MR) is 74.0 cm³/mol. The summed E-state index contributed by atoms with van der Waals surface area (Å²) in [6, 6.07) is 0.428. The lowest BCUT2D eigenvalue weighted by molar-refractivity contribution is -0.153. The van der Waals surface area contributed by atoms with Crippen LogP contribution in [0.15, 0.2) is 0 Å². The van der Waals surface area contributed by atoms with Gasteiger partial charge in [0.25, 0.3) is 0 Å². The summed E-state index contributed by atoms with van der Waals surface area (Å²) in [7, 11) is 3.14. The molecule has 0 aromatic heterocycles. The van der Waals surface area contributed by atoms with Crippen molar-refractivity contribution in [1.29, 1.82) is 0 Å². The molecular weight excluding hydrogens is 242 g/mol. The molecule has 0 bridgehead atoms. The molecule has 0 spiro atoms. The minimum atomic E-state index is -0.613. The topological polar surface area (TPSA) is 47.6 Å². The number of rotatable bonds is 6. The smallest absolute Gasteiger partial charge is 0.328 e. The van der Waals surface area contributed by atoms with Crippen molar-refractivity contribution in [2.24, 2.45) is 5.92 Å². The highest BCUT2D eigenvalue weighted by molar-refractivity contribution is 5.82. The van der Waals surface area contributed by atoms with Crippen LogP contribution in [0.3, 0.4) is 0 Å². The second-order valence-electron chi connectivity index (χ2n) is 6.00. The molecule has 4 nitrogen and oxygen atoms in total. The number of carbonyl (C=O) groups excluding carboxylic acids is 1. The van der Waals surface area contributed by atoms with Crippen LogP contribution in [0.2, 0.25) is 0 Å². The molecule has 1 unspecified atom stereocenters. The van der Waals surface area contributed by atoms with Crippen LogP contribution in [0.5, 0.6) is 0 Å². The van der Waals surface area contributed by atoms with Gasteiger partial charge in [-0.2, -0.15) is 0 Å². The molecular formula is C15H27NO3. The van der Waals surface area contributed by atoms with Crippen molar-refractivity contribution in [3.8, 4) is 0 Å². The number of hydrogen-bond acceptors (Lipinski definition) is 4. The maximum atomic E-state index is 12.3. The Balaban J connectivity index is 2.08. The van der Waals surface area contributed by atoms with Crippen LogP contribution in [0, 0.1) is 5.92 Å². The van der Waals surface area contributed by atoms with E-state index in [0.717, 1.165) is 25.7 Å². The van der Waals surface area contributed by atoms with Crippen molar-refractivity contribution in [3.05, 3.63) is 0 Å². The molecule has 2 saturated carbocycles. The van der Waals surface area contributed by atoms with Gasteiger partial charge in [0.1, 0.15) is 5.54 Å². The van der Waals surface area contributed by atoms with E-state index in [0.29, 0.717) is 18.6 Å². The largest absolute Gasteiger partial charge is 0.468 e. The quantitative estimate of drug-likeness (QED) is 0.593. The molecule has 0 saturated heterocycles. The predicted octanol–water partition coefficient (Wildman–Crippen LogP) is 2.27. The van der Waals surface area contributed by atoms with Crippen LogP contribution in [0.1, 0.15) is 51.4 Å². The zero-order valence-electron chi connectivity index (χ0n) is 12.2. The van der Waals surface area contributed by atoms with Gasteiger partial charge in [-0.25, -0.2) is 4.79 Å². The molecule has 0 aliphatic heterocycles. The summed E-state index contributed by atoms with van der Waals surface area (Å²) in [5, 5.41) is 3.62. The van der Waals surface area contributed by atoms with Crippen molar-refractivity contribution in [2.75, 3.05) is 20.8 Å². The highest BCUT2D eigenvalue weighted by Gasteiger charge is 2.52. The van der Waals surface area contributed by atoms with Gasteiger partial charge in [0.05, 0.1) is 13.7 Å². The van der Waals surface area contributed by atoms with Gasteiger partial charge in [0.15, 0.2) is 0 Å². The summed E-state index contributed by atoms with van der Waals surface area (Å²) < 4.78 is 10.4. The molecule has 2 aliphatic carbocycles. The van der Waals surface area contributed by atoms with E-state index in [1.807, 2.05) is 0 Å². The highest BCUT2D eigenvalue weighted by atomic mass is 16.5. The number of esters is 1. The fraction of sp³-hybridized carbons (Fsp3) is 0.933. The van der Waals surface area contributed by atoms with Crippen LogP contribution in [-0.4, -0.2) is 38.4 Å². The molecule has 2 rings (SSSR count). The van der Waals surface area contributed by atoms with Crippen molar-refractivity contribution in [3.63, 3.8) is 0 Å². The Kier molecular flexibility index (Phi) is 5.22. The lowest BCUT2D eigenvalue weighted by atomic mass is 9.91. The average molecular weight is 269 g/mol. The van der Waals surface area contributed by atoms with Gasteiger partial charge in [-0.1, -0.05) is 25.7 Å². The normalized spacial score (nSPS) is 24.5. The molecule has 0 heterocycles. The first kappa shape index (κ1) is 14.8. The number of carbonyl (C=O) groups is 1. The summed E-state index contributed by atoms with van der Waals surface area (Å²) in [4.78, 5) is 12.3. The van der Waals surface area contributed by atoms with Crippen molar-refractivity contribution >= 4 is 5.97 Å². The van der Waals surface area contributed by atoms with E-state index in [1.54, 1.807) is 7.11 Å². The van der Waals surface area contributed by atoms with Gasteiger partial charge >= 0.3 is 5.97 Å². The molecule has 19 heavy (non-hydrogen) atoms. The summed E-state index contributed by atoms with van der Waals surface area (Å²) >= 11 is 0. The fourth-order valence-corrected chi connectivity index (χ4v) is 3.34. The van der Waals surface area contributed by atoms with E-state index < -0.39 is 5.54 Å². The molecule has 4 heteroatoms. The zero-order chi connectivity index (χ0) is 13.7. The third-order valence-electron chi connectivity index (χ3n) is 4.51. The SMILES string of the molecule is COCC(NC1CCCCCC1)(C(=O)OC)C1CC1. The first-order valence-electron chi connectivity index (χ1n) is 7.58. The van der Waals surface area contributed by atoms with Gasteiger partial charge in [0, 0.05) is 13.2 Å². The molecule has 0 aromatic carbocycles. The number of methoxy groups -OCH3 is 2. The second kappa shape index (κ2) is 6.71.